The zero-order chi connectivity index (χ0) is 22.1. The Balaban J connectivity index is 1.33. The van der Waals surface area contributed by atoms with Gasteiger partial charge in [-0.25, -0.2) is 4.79 Å². The molecule has 2 aromatic carbocycles. The number of aryl methyl sites for hydroxylation is 1. The van der Waals surface area contributed by atoms with Crippen molar-refractivity contribution in [2.75, 3.05) is 25.5 Å². The van der Waals surface area contributed by atoms with Crippen LogP contribution in [0.4, 0.5) is 10.5 Å². The fourth-order valence-electron chi connectivity index (χ4n) is 2.97. The Bertz CT molecular complexity index is 990. The van der Waals surface area contributed by atoms with Gasteiger partial charge in [-0.1, -0.05) is 51.4 Å². The van der Waals surface area contributed by atoms with Crippen molar-refractivity contribution in [2.45, 2.75) is 19.3 Å². The molecule has 0 unspecified atom stereocenters. The minimum atomic E-state index is -0.336. The Morgan fingerprint density at radius 2 is 1.84 bits per heavy atom. The van der Waals surface area contributed by atoms with E-state index in [-0.39, 0.29) is 24.9 Å². The molecular weight excluding hydrogens is 460 g/mol. The van der Waals surface area contributed by atoms with Crippen LogP contribution in [-0.2, 0) is 11.2 Å². The number of carbonyl (C=O) groups is 2. The third-order valence-electron chi connectivity index (χ3n) is 4.70. The summed E-state index contributed by atoms with van der Waals surface area (Å²) in [4.78, 5) is 25.8. The zero-order valence-corrected chi connectivity index (χ0v) is 18.9. The molecule has 3 rings (SSSR count). The van der Waals surface area contributed by atoms with E-state index in [1.165, 1.54) is 0 Å². The molecule has 0 radical (unpaired) electrons. The van der Waals surface area contributed by atoms with Crippen LogP contribution in [0.1, 0.15) is 18.6 Å². The lowest BCUT2D eigenvalue weighted by Crippen LogP contribution is -2.34. The van der Waals surface area contributed by atoms with Crippen molar-refractivity contribution >= 4 is 33.6 Å². The van der Waals surface area contributed by atoms with Gasteiger partial charge in [0.15, 0.2) is 0 Å². The van der Waals surface area contributed by atoms with Crippen molar-refractivity contribution in [1.82, 2.24) is 15.4 Å². The molecule has 8 heteroatoms. The van der Waals surface area contributed by atoms with Gasteiger partial charge in [-0.2, -0.15) is 0 Å². The first-order chi connectivity index (χ1) is 15.0. The van der Waals surface area contributed by atoms with Gasteiger partial charge in [0.25, 0.3) is 0 Å². The van der Waals surface area contributed by atoms with Crippen LogP contribution in [0, 0.1) is 0 Å². The number of halogens is 1. The molecule has 1 heterocycles. The summed E-state index contributed by atoms with van der Waals surface area (Å²) in [5.41, 5.74) is 2.51. The highest BCUT2D eigenvalue weighted by atomic mass is 79.9. The molecule has 0 aliphatic carbocycles. The monoisotopic (exact) mass is 484 g/mol. The van der Waals surface area contributed by atoms with Gasteiger partial charge in [0, 0.05) is 54.8 Å². The van der Waals surface area contributed by atoms with Crippen molar-refractivity contribution in [3.05, 3.63) is 70.9 Å². The van der Waals surface area contributed by atoms with E-state index in [1.54, 1.807) is 24.1 Å². The number of aromatic nitrogens is 1. The number of rotatable bonds is 9. The third-order valence-corrected chi connectivity index (χ3v) is 5.23. The number of carbonyl (C=O) groups excluding carboxylic acids is 2. The Morgan fingerprint density at radius 1 is 1.10 bits per heavy atom. The summed E-state index contributed by atoms with van der Waals surface area (Å²) >= 11 is 3.35. The first-order valence-corrected chi connectivity index (χ1v) is 10.9. The molecule has 2 N–H and O–H groups in total. The smallest absolute Gasteiger partial charge is 0.319 e. The Morgan fingerprint density at radius 3 is 2.58 bits per heavy atom. The van der Waals surface area contributed by atoms with Crippen LogP contribution in [0.25, 0.3) is 11.3 Å². The standard InChI is InChI=1S/C23H25BrN4O3/c1-28(15-5-8-20-16-21(27-31-20)17-6-3-2-4-7-17)22(29)13-14-25-23(30)26-19-11-9-18(24)10-12-19/h2-4,6-7,9-12,16H,5,8,13-15H2,1H3,(H2,25,26,30). The minimum absolute atomic E-state index is 0.0218. The molecule has 0 bridgehead atoms. The summed E-state index contributed by atoms with van der Waals surface area (Å²) in [7, 11) is 1.76. The molecule has 3 aromatic rings. The fourth-order valence-corrected chi connectivity index (χ4v) is 3.24. The summed E-state index contributed by atoms with van der Waals surface area (Å²) in [6, 6.07) is 18.7. The van der Waals surface area contributed by atoms with Crippen LogP contribution in [0.5, 0.6) is 0 Å². The third kappa shape index (κ3) is 7.25. The summed E-state index contributed by atoms with van der Waals surface area (Å²) in [5, 5.41) is 9.53. The first-order valence-electron chi connectivity index (χ1n) is 10.1. The van der Waals surface area contributed by atoms with Crippen LogP contribution in [0.15, 0.2) is 69.7 Å². The molecule has 0 aliphatic rings. The van der Waals surface area contributed by atoms with E-state index in [0.29, 0.717) is 18.7 Å². The maximum absolute atomic E-state index is 12.3. The number of urea groups is 1. The SMILES string of the molecule is CN(CCCc1cc(-c2ccccc2)no1)C(=O)CCNC(=O)Nc1ccc(Br)cc1. The average molecular weight is 485 g/mol. The number of anilines is 1. The van der Waals surface area contributed by atoms with Gasteiger partial charge >= 0.3 is 6.03 Å². The van der Waals surface area contributed by atoms with Gasteiger partial charge < -0.3 is 20.1 Å². The Hall–Kier alpha value is -3.13. The van der Waals surface area contributed by atoms with Gasteiger partial charge in [0.05, 0.1) is 0 Å². The van der Waals surface area contributed by atoms with E-state index in [0.717, 1.165) is 27.9 Å². The molecule has 0 atom stereocenters. The second kappa shape index (κ2) is 11.3. The van der Waals surface area contributed by atoms with E-state index in [1.807, 2.05) is 48.5 Å². The normalized spacial score (nSPS) is 10.5. The second-order valence-corrected chi connectivity index (χ2v) is 8.02. The summed E-state index contributed by atoms with van der Waals surface area (Å²) < 4.78 is 6.33. The number of amides is 3. The molecule has 162 valence electrons. The summed E-state index contributed by atoms with van der Waals surface area (Å²) in [6.45, 7) is 0.874. The number of benzene rings is 2. The zero-order valence-electron chi connectivity index (χ0n) is 17.3. The molecular formula is C23H25BrN4O3. The molecule has 0 saturated heterocycles. The summed E-state index contributed by atoms with van der Waals surface area (Å²) in [6.07, 6.45) is 1.71. The molecule has 1 aromatic heterocycles. The van der Waals surface area contributed by atoms with Gasteiger partial charge in [-0.3, -0.25) is 4.79 Å². The Labute approximate surface area is 189 Å². The second-order valence-electron chi connectivity index (χ2n) is 7.10. The molecule has 3 amide bonds. The predicted octanol–water partition coefficient (Wildman–Crippen LogP) is 4.71. The maximum Gasteiger partial charge on any atom is 0.319 e. The van der Waals surface area contributed by atoms with Crippen LogP contribution in [-0.4, -0.2) is 42.1 Å². The van der Waals surface area contributed by atoms with E-state index in [9.17, 15) is 9.59 Å². The quantitative estimate of drug-likeness (QED) is 0.460. The maximum atomic E-state index is 12.3. The van der Waals surface area contributed by atoms with Crippen LogP contribution in [0.2, 0.25) is 0 Å². The highest BCUT2D eigenvalue weighted by Gasteiger charge is 2.11. The predicted molar refractivity (Wildman–Crippen MR) is 124 cm³/mol. The molecule has 0 spiro atoms. The highest BCUT2D eigenvalue weighted by molar-refractivity contribution is 9.10. The lowest BCUT2D eigenvalue weighted by atomic mass is 10.1. The van der Waals surface area contributed by atoms with Gasteiger partial charge in [0.1, 0.15) is 11.5 Å². The Kier molecular flexibility index (Phi) is 8.23. The number of hydrogen-bond donors (Lipinski definition) is 2. The lowest BCUT2D eigenvalue weighted by molar-refractivity contribution is -0.129. The van der Waals surface area contributed by atoms with Gasteiger partial charge in [-0.15, -0.1) is 0 Å². The highest BCUT2D eigenvalue weighted by Crippen LogP contribution is 2.19. The number of nitrogens with one attached hydrogen (secondary N) is 2. The van der Waals surface area contributed by atoms with E-state index in [2.05, 4.69) is 31.7 Å². The van der Waals surface area contributed by atoms with Gasteiger partial charge in [0.2, 0.25) is 5.91 Å². The molecule has 0 fully saturated rings. The molecule has 31 heavy (non-hydrogen) atoms. The molecule has 0 aliphatic heterocycles. The first kappa shape index (κ1) is 22.6. The largest absolute Gasteiger partial charge is 0.361 e. The topological polar surface area (TPSA) is 87.5 Å². The molecule has 7 nitrogen and oxygen atoms in total. The van der Waals surface area contributed by atoms with E-state index < -0.39 is 0 Å². The van der Waals surface area contributed by atoms with E-state index >= 15 is 0 Å². The van der Waals surface area contributed by atoms with E-state index in [4.69, 9.17) is 4.52 Å². The van der Waals surface area contributed by atoms with Crippen molar-refractivity contribution in [3.63, 3.8) is 0 Å². The summed E-state index contributed by atoms with van der Waals surface area (Å²) in [5.74, 6) is 0.775. The number of nitrogens with zero attached hydrogens (tertiary/aromatic N) is 2. The van der Waals surface area contributed by atoms with Crippen molar-refractivity contribution in [1.29, 1.82) is 0 Å². The van der Waals surface area contributed by atoms with Gasteiger partial charge in [-0.05, 0) is 30.7 Å². The van der Waals surface area contributed by atoms with Crippen molar-refractivity contribution in [3.8, 4) is 11.3 Å². The lowest BCUT2D eigenvalue weighted by Gasteiger charge is -2.17. The van der Waals surface area contributed by atoms with Crippen molar-refractivity contribution in [2.24, 2.45) is 0 Å². The van der Waals surface area contributed by atoms with Crippen LogP contribution >= 0.6 is 15.9 Å². The van der Waals surface area contributed by atoms with Crippen LogP contribution in [0.3, 0.4) is 0 Å². The fraction of sp³-hybridized carbons (Fsp3) is 0.261. The van der Waals surface area contributed by atoms with Crippen molar-refractivity contribution < 1.29 is 14.1 Å². The minimum Gasteiger partial charge on any atom is -0.361 e. The number of hydrogen-bond acceptors (Lipinski definition) is 4. The average Bonchev–Trinajstić information content (AvgIpc) is 3.25. The van der Waals surface area contributed by atoms with Crippen LogP contribution < -0.4 is 10.6 Å². The molecule has 0 saturated carbocycles.